The van der Waals surface area contributed by atoms with Crippen molar-refractivity contribution in [1.29, 1.82) is 0 Å². The van der Waals surface area contributed by atoms with Crippen LogP contribution >= 0.6 is 0 Å². The van der Waals surface area contributed by atoms with Crippen LogP contribution in [0.3, 0.4) is 0 Å². The Morgan fingerprint density at radius 3 is 3.13 bits per heavy atom. The maximum atomic E-state index is 12.7. The van der Waals surface area contributed by atoms with E-state index in [1.807, 2.05) is 29.8 Å². The Balaban J connectivity index is 1.66. The van der Waals surface area contributed by atoms with Crippen molar-refractivity contribution >= 4 is 11.6 Å². The van der Waals surface area contributed by atoms with Gasteiger partial charge in [0.15, 0.2) is 11.3 Å². The van der Waals surface area contributed by atoms with E-state index >= 15 is 0 Å². The maximum Gasteiger partial charge on any atom is 0.274 e. The van der Waals surface area contributed by atoms with Crippen molar-refractivity contribution in [2.45, 2.75) is 32.2 Å². The lowest BCUT2D eigenvalue weighted by Crippen LogP contribution is -2.31. The van der Waals surface area contributed by atoms with Crippen LogP contribution in [0.25, 0.3) is 5.65 Å². The fraction of sp³-hybridized carbons (Fsp3) is 0.278. The molecule has 23 heavy (non-hydrogen) atoms. The number of hydrogen-bond donors (Lipinski definition) is 1. The molecule has 5 nitrogen and oxygen atoms in total. The van der Waals surface area contributed by atoms with Gasteiger partial charge in [0.25, 0.3) is 5.91 Å². The first-order chi connectivity index (χ1) is 11.2. The molecule has 0 radical (unpaired) electrons. The van der Waals surface area contributed by atoms with Crippen LogP contribution in [0.4, 0.5) is 0 Å². The fourth-order valence-electron chi connectivity index (χ4n) is 3.33. The SMILES string of the molecule is Cc1cn2ccnc(C(=O)NC3CCCc4ccccc43)c2n1. The minimum atomic E-state index is -0.164. The molecule has 0 bridgehead atoms. The predicted octanol–water partition coefficient (Wildman–Crippen LogP) is 2.85. The Kier molecular flexibility index (Phi) is 3.33. The standard InChI is InChI=1S/C18H18N4O/c1-12-11-22-10-9-19-16(17(22)20-12)18(23)21-15-8-4-6-13-5-2-3-7-14(13)15/h2-3,5,7,9-11,15H,4,6,8H2,1H3,(H,21,23). The second kappa shape index (κ2) is 5.50. The highest BCUT2D eigenvalue weighted by Crippen LogP contribution is 2.29. The molecule has 0 fully saturated rings. The summed E-state index contributed by atoms with van der Waals surface area (Å²) in [5, 5.41) is 3.14. The zero-order valence-corrected chi connectivity index (χ0v) is 13.0. The van der Waals surface area contributed by atoms with E-state index in [9.17, 15) is 4.79 Å². The van der Waals surface area contributed by atoms with Crippen molar-refractivity contribution in [1.82, 2.24) is 19.7 Å². The molecule has 1 aliphatic carbocycles. The summed E-state index contributed by atoms with van der Waals surface area (Å²) in [6, 6.07) is 8.38. The molecule has 0 spiro atoms. The van der Waals surface area contributed by atoms with E-state index in [4.69, 9.17) is 0 Å². The molecule has 0 saturated carbocycles. The first-order valence-corrected chi connectivity index (χ1v) is 7.91. The lowest BCUT2D eigenvalue weighted by molar-refractivity contribution is 0.0929. The minimum Gasteiger partial charge on any atom is -0.344 e. The Bertz CT molecular complexity index is 884. The van der Waals surface area contributed by atoms with Crippen molar-refractivity contribution in [3.63, 3.8) is 0 Å². The second-order valence-electron chi connectivity index (χ2n) is 6.01. The third-order valence-electron chi connectivity index (χ3n) is 4.39. The number of rotatable bonds is 2. The molecule has 1 aliphatic rings. The number of carbonyl (C=O) groups is 1. The summed E-state index contributed by atoms with van der Waals surface area (Å²) in [7, 11) is 0. The lowest BCUT2D eigenvalue weighted by atomic mass is 9.87. The molecule has 1 atom stereocenters. The molecule has 4 rings (SSSR count). The van der Waals surface area contributed by atoms with E-state index in [1.54, 1.807) is 6.20 Å². The fourth-order valence-corrected chi connectivity index (χ4v) is 3.33. The van der Waals surface area contributed by atoms with Gasteiger partial charge in [0, 0.05) is 18.6 Å². The highest BCUT2D eigenvalue weighted by atomic mass is 16.2. The summed E-state index contributed by atoms with van der Waals surface area (Å²) in [5.74, 6) is -0.164. The summed E-state index contributed by atoms with van der Waals surface area (Å²) in [6.07, 6.45) is 8.46. The molecule has 1 aromatic carbocycles. The van der Waals surface area contributed by atoms with E-state index in [-0.39, 0.29) is 11.9 Å². The van der Waals surface area contributed by atoms with E-state index < -0.39 is 0 Å². The Morgan fingerprint density at radius 2 is 2.22 bits per heavy atom. The number of benzene rings is 1. The molecular weight excluding hydrogens is 288 g/mol. The molecule has 1 amide bonds. The highest BCUT2D eigenvalue weighted by molar-refractivity contribution is 5.98. The third-order valence-corrected chi connectivity index (χ3v) is 4.39. The minimum absolute atomic E-state index is 0.0468. The van der Waals surface area contributed by atoms with Gasteiger partial charge in [0.1, 0.15) is 0 Å². The quantitative estimate of drug-likeness (QED) is 0.792. The molecule has 0 saturated heterocycles. The monoisotopic (exact) mass is 306 g/mol. The van der Waals surface area contributed by atoms with Crippen molar-refractivity contribution in [3.8, 4) is 0 Å². The zero-order valence-electron chi connectivity index (χ0n) is 13.0. The maximum absolute atomic E-state index is 12.7. The summed E-state index contributed by atoms with van der Waals surface area (Å²) in [4.78, 5) is 21.4. The largest absolute Gasteiger partial charge is 0.344 e. The number of carbonyl (C=O) groups excluding carboxylic acids is 1. The normalized spacial score (nSPS) is 17.0. The lowest BCUT2D eigenvalue weighted by Gasteiger charge is -2.26. The molecule has 1 unspecified atom stereocenters. The van der Waals surface area contributed by atoms with E-state index in [1.165, 1.54) is 11.1 Å². The zero-order chi connectivity index (χ0) is 15.8. The Labute approximate surface area is 134 Å². The summed E-state index contributed by atoms with van der Waals surface area (Å²) >= 11 is 0. The van der Waals surface area contributed by atoms with Crippen molar-refractivity contribution in [3.05, 3.63) is 65.4 Å². The van der Waals surface area contributed by atoms with Crippen LogP contribution in [-0.4, -0.2) is 20.3 Å². The number of nitrogens with one attached hydrogen (secondary N) is 1. The number of nitrogens with zero attached hydrogens (tertiary/aromatic N) is 3. The molecule has 1 N–H and O–H groups in total. The Hall–Kier alpha value is -2.69. The van der Waals surface area contributed by atoms with Gasteiger partial charge in [-0.1, -0.05) is 24.3 Å². The second-order valence-corrected chi connectivity index (χ2v) is 6.01. The smallest absolute Gasteiger partial charge is 0.274 e. The van der Waals surface area contributed by atoms with Gasteiger partial charge in [-0.3, -0.25) is 4.79 Å². The number of amides is 1. The van der Waals surface area contributed by atoms with Gasteiger partial charge in [0.2, 0.25) is 0 Å². The summed E-state index contributed by atoms with van der Waals surface area (Å²) in [6.45, 7) is 1.91. The van der Waals surface area contributed by atoms with E-state index in [2.05, 4.69) is 33.5 Å². The van der Waals surface area contributed by atoms with Crippen molar-refractivity contribution in [2.75, 3.05) is 0 Å². The number of hydrogen-bond acceptors (Lipinski definition) is 3. The summed E-state index contributed by atoms with van der Waals surface area (Å²) in [5.41, 5.74) is 4.40. The first-order valence-electron chi connectivity index (χ1n) is 7.91. The first kappa shape index (κ1) is 13.9. The molecule has 5 heteroatoms. The highest BCUT2D eigenvalue weighted by Gasteiger charge is 2.23. The number of fused-ring (bicyclic) bond motifs is 2. The summed E-state index contributed by atoms with van der Waals surface area (Å²) < 4.78 is 1.84. The van der Waals surface area contributed by atoms with Crippen molar-refractivity contribution in [2.24, 2.45) is 0 Å². The Morgan fingerprint density at radius 1 is 1.35 bits per heavy atom. The van der Waals surface area contributed by atoms with Crippen LogP contribution in [-0.2, 0) is 6.42 Å². The van der Waals surface area contributed by atoms with Gasteiger partial charge in [-0.25, -0.2) is 9.97 Å². The van der Waals surface area contributed by atoms with E-state index in [0.717, 1.165) is 25.0 Å². The van der Waals surface area contributed by atoms with E-state index in [0.29, 0.717) is 11.3 Å². The average molecular weight is 306 g/mol. The topological polar surface area (TPSA) is 59.3 Å². The van der Waals surface area contributed by atoms with Gasteiger partial charge >= 0.3 is 0 Å². The molecule has 2 aromatic heterocycles. The molecule has 3 aromatic rings. The molecular formula is C18H18N4O. The van der Waals surface area contributed by atoms with Crippen LogP contribution in [0.5, 0.6) is 0 Å². The molecule has 116 valence electrons. The number of aryl methyl sites for hydroxylation is 2. The van der Waals surface area contributed by atoms with Gasteiger partial charge in [-0.15, -0.1) is 0 Å². The van der Waals surface area contributed by atoms with Crippen LogP contribution in [0.15, 0.2) is 42.9 Å². The van der Waals surface area contributed by atoms with Gasteiger partial charge in [0.05, 0.1) is 11.7 Å². The van der Waals surface area contributed by atoms with Crippen molar-refractivity contribution < 1.29 is 4.79 Å². The van der Waals surface area contributed by atoms with Gasteiger partial charge in [-0.05, 0) is 37.3 Å². The van der Waals surface area contributed by atoms with Crippen LogP contribution in [0, 0.1) is 6.92 Å². The predicted molar refractivity (Wildman–Crippen MR) is 87.3 cm³/mol. The van der Waals surface area contributed by atoms with Crippen LogP contribution < -0.4 is 5.32 Å². The molecule has 0 aliphatic heterocycles. The molecule has 2 heterocycles. The van der Waals surface area contributed by atoms with Crippen LogP contribution in [0.1, 0.15) is 46.2 Å². The average Bonchev–Trinajstić information content (AvgIpc) is 2.95. The number of imidazole rings is 1. The van der Waals surface area contributed by atoms with Gasteiger partial charge < -0.3 is 9.72 Å². The van der Waals surface area contributed by atoms with Crippen LogP contribution in [0.2, 0.25) is 0 Å². The third kappa shape index (κ3) is 2.48. The van der Waals surface area contributed by atoms with Gasteiger partial charge in [-0.2, -0.15) is 0 Å². The number of aromatic nitrogens is 3.